The van der Waals surface area contributed by atoms with Crippen LogP contribution in [0.2, 0.25) is 0 Å². The normalized spacial score (nSPS) is 11.6. The van der Waals surface area contributed by atoms with Crippen molar-refractivity contribution in [2.24, 2.45) is 0 Å². The quantitative estimate of drug-likeness (QED) is 0.433. The molecule has 0 bridgehead atoms. The Bertz CT molecular complexity index is 994. The molecule has 2 rings (SSSR count). The van der Waals surface area contributed by atoms with Gasteiger partial charge in [0.1, 0.15) is 5.82 Å². The van der Waals surface area contributed by atoms with Crippen molar-refractivity contribution in [2.45, 2.75) is 71.2 Å². The number of carbonyl (C=O) groups excluding carboxylic acids is 2. The molecule has 34 heavy (non-hydrogen) atoms. The maximum absolute atomic E-state index is 12.1. The van der Waals surface area contributed by atoms with E-state index in [-0.39, 0.29) is 35.3 Å². The van der Waals surface area contributed by atoms with E-state index < -0.39 is 0 Å². The zero-order valence-electron chi connectivity index (χ0n) is 21.2. The molecule has 0 fully saturated rings. The van der Waals surface area contributed by atoms with Crippen molar-refractivity contribution < 1.29 is 19.1 Å². The van der Waals surface area contributed by atoms with E-state index in [4.69, 9.17) is 9.47 Å². The van der Waals surface area contributed by atoms with Gasteiger partial charge in [0, 0.05) is 11.1 Å². The number of hydrogen-bond acceptors (Lipinski definition) is 8. The molecule has 11 heteroatoms. The van der Waals surface area contributed by atoms with Crippen molar-refractivity contribution in [2.75, 3.05) is 24.9 Å². The minimum Gasteiger partial charge on any atom is -0.493 e. The molecule has 10 nitrogen and oxygen atoms in total. The summed E-state index contributed by atoms with van der Waals surface area (Å²) in [6.45, 7) is 13.7. The Morgan fingerprint density at radius 1 is 1.00 bits per heavy atom. The molecule has 0 radical (unpaired) electrons. The van der Waals surface area contributed by atoms with Crippen molar-refractivity contribution in [3.05, 3.63) is 29.6 Å². The van der Waals surface area contributed by atoms with Crippen LogP contribution in [0.4, 0.5) is 0 Å². The maximum atomic E-state index is 12.1. The standard InChI is InChI=1S/C23H36N6O4S/c1-15-27-28-21(34-14-20(31)26-23(5,6)7)29(15)24-12-16-9-10-17(18(11-16)32-8)33-13-19(30)25-22(2,3)4/h9-11,24H,12-14H2,1-8H3,(H,25,30)(H,26,31). The fourth-order valence-electron chi connectivity index (χ4n) is 2.91. The summed E-state index contributed by atoms with van der Waals surface area (Å²) in [5.41, 5.74) is 3.59. The highest BCUT2D eigenvalue weighted by Crippen LogP contribution is 2.28. The molecule has 0 aliphatic carbocycles. The van der Waals surface area contributed by atoms with Gasteiger partial charge in [0.15, 0.2) is 18.1 Å². The average molecular weight is 493 g/mol. The van der Waals surface area contributed by atoms with E-state index in [9.17, 15) is 9.59 Å². The van der Waals surface area contributed by atoms with Crippen LogP contribution in [0, 0.1) is 6.92 Å². The summed E-state index contributed by atoms with van der Waals surface area (Å²) in [4.78, 5) is 24.2. The first kappa shape index (κ1) is 27.3. The highest BCUT2D eigenvalue weighted by Gasteiger charge is 2.17. The molecule has 0 aliphatic rings. The van der Waals surface area contributed by atoms with E-state index in [0.717, 1.165) is 5.56 Å². The number of rotatable bonds is 10. The second-order valence-corrected chi connectivity index (χ2v) is 10.8. The number of aromatic nitrogens is 3. The molecule has 0 atom stereocenters. The number of benzene rings is 1. The summed E-state index contributed by atoms with van der Waals surface area (Å²) < 4.78 is 12.8. The fraction of sp³-hybridized carbons (Fsp3) is 0.565. The zero-order valence-corrected chi connectivity index (χ0v) is 22.1. The molecule has 0 spiro atoms. The largest absolute Gasteiger partial charge is 0.493 e. The first-order valence-corrected chi connectivity index (χ1v) is 12.0. The lowest BCUT2D eigenvalue weighted by Gasteiger charge is -2.21. The van der Waals surface area contributed by atoms with E-state index in [2.05, 4.69) is 26.3 Å². The van der Waals surface area contributed by atoms with E-state index >= 15 is 0 Å². The Hall–Kier alpha value is -2.95. The number of nitrogens with zero attached hydrogens (tertiary/aromatic N) is 3. The van der Waals surface area contributed by atoms with Crippen LogP contribution >= 0.6 is 11.8 Å². The van der Waals surface area contributed by atoms with E-state index in [1.165, 1.54) is 11.8 Å². The van der Waals surface area contributed by atoms with Gasteiger partial charge in [0.2, 0.25) is 11.1 Å². The Morgan fingerprint density at radius 3 is 2.26 bits per heavy atom. The lowest BCUT2D eigenvalue weighted by Crippen LogP contribution is -2.43. The number of methoxy groups -OCH3 is 1. The second-order valence-electron chi connectivity index (χ2n) is 9.86. The van der Waals surface area contributed by atoms with E-state index in [1.807, 2.05) is 60.6 Å². The van der Waals surface area contributed by atoms with Gasteiger partial charge < -0.3 is 25.5 Å². The number of amides is 2. The van der Waals surface area contributed by atoms with Gasteiger partial charge in [-0.25, -0.2) is 4.68 Å². The molecule has 0 saturated carbocycles. The van der Waals surface area contributed by atoms with Gasteiger partial charge in [-0.2, -0.15) is 0 Å². The van der Waals surface area contributed by atoms with E-state index in [1.54, 1.807) is 17.9 Å². The van der Waals surface area contributed by atoms with Crippen LogP contribution in [0.15, 0.2) is 23.4 Å². The molecule has 0 saturated heterocycles. The molecular formula is C23H36N6O4S. The molecule has 3 N–H and O–H groups in total. The second kappa shape index (κ2) is 11.5. The summed E-state index contributed by atoms with van der Waals surface area (Å²) in [7, 11) is 1.55. The van der Waals surface area contributed by atoms with Crippen molar-refractivity contribution >= 4 is 23.6 Å². The summed E-state index contributed by atoms with van der Waals surface area (Å²) in [6, 6.07) is 5.49. The van der Waals surface area contributed by atoms with Gasteiger partial charge >= 0.3 is 0 Å². The predicted octanol–water partition coefficient (Wildman–Crippen LogP) is 2.64. The minimum absolute atomic E-state index is 0.0683. The Morgan fingerprint density at radius 2 is 1.65 bits per heavy atom. The summed E-state index contributed by atoms with van der Waals surface area (Å²) in [5, 5.41) is 14.7. The van der Waals surface area contributed by atoms with Crippen molar-refractivity contribution in [3.8, 4) is 11.5 Å². The van der Waals surface area contributed by atoms with Gasteiger partial charge in [0.25, 0.3) is 5.91 Å². The van der Waals surface area contributed by atoms with Gasteiger partial charge in [0.05, 0.1) is 19.4 Å². The third-order valence-corrected chi connectivity index (χ3v) is 5.11. The van der Waals surface area contributed by atoms with E-state index in [0.29, 0.717) is 29.0 Å². The van der Waals surface area contributed by atoms with Crippen molar-refractivity contribution in [1.82, 2.24) is 25.5 Å². The minimum atomic E-state index is -0.325. The Labute approximate surface area is 205 Å². The monoisotopic (exact) mass is 492 g/mol. The van der Waals surface area contributed by atoms with Gasteiger partial charge in [-0.3, -0.25) is 9.59 Å². The highest BCUT2D eigenvalue weighted by molar-refractivity contribution is 7.99. The SMILES string of the molecule is COc1cc(CNn2c(C)nnc2SCC(=O)NC(C)(C)C)ccc1OCC(=O)NC(C)(C)C. The van der Waals surface area contributed by atoms with Crippen LogP contribution in [-0.2, 0) is 16.1 Å². The molecule has 1 aromatic carbocycles. The molecular weight excluding hydrogens is 456 g/mol. The third kappa shape index (κ3) is 9.12. The molecule has 0 aliphatic heterocycles. The molecule has 188 valence electrons. The lowest BCUT2D eigenvalue weighted by molar-refractivity contribution is -0.124. The van der Waals surface area contributed by atoms with Crippen LogP contribution in [0.25, 0.3) is 0 Å². The van der Waals surface area contributed by atoms with Crippen LogP contribution in [0.3, 0.4) is 0 Å². The fourth-order valence-corrected chi connectivity index (χ4v) is 3.67. The number of ether oxygens (including phenoxy) is 2. The molecule has 0 unspecified atom stereocenters. The molecule has 1 aromatic heterocycles. The summed E-state index contributed by atoms with van der Waals surface area (Å²) >= 11 is 1.31. The number of nitrogens with one attached hydrogen (secondary N) is 3. The topological polar surface area (TPSA) is 119 Å². The lowest BCUT2D eigenvalue weighted by atomic mass is 10.1. The van der Waals surface area contributed by atoms with Crippen LogP contribution in [0.1, 0.15) is 52.9 Å². The molecule has 2 amide bonds. The Balaban J connectivity index is 1.98. The Kier molecular flexibility index (Phi) is 9.20. The van der Waals surface area contributed by atoms with Crippen molar-refractivity contribution in [1.29, 1.82) is 0 Å². The van der Waals surface area contributed by atoms with Gasteiger partial charge in [-0.15, -0.1) is 10.2 Å². The van der Waals surface area contributed by atoms with Gasteiger partial charge in [-0.1, -0.05) is 17.8 Å². The molecule has 2 aromatic rings. The zero-order chi connectivity index (χ0) is 25.5. The van der Waals surface area contributed by atoms with Crippen LogP contribution < -0.4 is 25.5 Å². The first-order chi connectivity index (χ1) is 15.8. The highest BCUT2D eigenvalue weighted by atomic mass is 32.2. The van der Waals surface area contributed by atoms with Crippen LogP contribution in [-0.4, -0.2) is 57.2 Å². The smallest absolute Gasteiger partial charge is 0.258 e. The first-order valence-electron chi connectivity index (χ1n) is 11.0. The van der Waals surface area contributed by atoms with Gasteiger partial charge in [-0.05, 0) is 66.2 Å². The molecule has 1 heterocycles. The third-order valence-electron chi connectivity index (χ3n) is 4.18. The summed E-state index contributed by atoms with van der Waals surface area (Å²) in [6.07, 6.45) is 0. The van der Waals surface area contributed by atoms with Crippen LogP contribution in [0.5, 0.6) is 11.5 Å². The maximum Gasteiger partial charge on any atom is 0.258 e. The number of hydrogen-bond donors (Lipinski definition) is 3. The van der Waals surface area contributed by atoms with Crippen molar-refractivity contribution in [3.63, 3.8) is 0 Å². The number of aryl methyl sites for hydroxylation is 1. The predicted molar refractivity (Wildman–Crippen MR) is 133 cm³/mol. The summed E-state index contributed by atoms with van der Waals surface area (Å²) in [5.74, 6) is 1.65. The average Bonchev–Trinajstić information content (AvgIpc) is 3.06. The number of carbonyl (C=O) groups is 2. The number of thioether (sulfide) groups is 1.